The molecule has 0 atom stereocenters. The summed E-state index contributed by atoms with van der Waals surface area (Å²) < 4.78 is 45.6. The molecule has 0 saturated carbocycles. The first-order valence-electron chi connectivity index (χ1n) is 11.4. The van der Waals surface area contributed by atoms with E-state index < -0.39 is 23.2 Å². The first kappa shape index (κ1) is 24.1. The first-order chi connectivity index (χ1) is 17.7. The van der Waals surface area contributed by atoms with Crippen molar-refractivity contribution >= 4 is 29.0 Å². The lowest BCUT2D eigenvalue weighted by atomic mass is 10.1. The van der Waals surface area contributed by atoms with Crippen LogP contribution < -0.4 is 20.3 Å². The molecule has 5 rings (SSSR count). The Labute approximate surface area is 209 Å². The molecule has 1 aliphatic heterocycles. The number of benzene rings is 2. The van der Waals surface area contributed by atoms with E-state index >= 15 is 0 Å². The lowest BCUT2D eigenvalue weighted by molar-refractivity contribution is -0.137. The van der Waals surface area contributed by atoms with Crippen LogP contribution in [-0.4, -0.2) is 39.2 Å². The van der Waals surface area contributed by atoms with Crippen LogP contribution in [0.25, 0.3) is 0 Å². The minimum Gasteiger partial charge on any atom is -0.424 e. The van der Waals surface area contributed by atoms with Crippen LogP contribution in [0.3, 0.4) is 0 Å². The Balaban J connectivity index is 1.31. The van der Waals surface area contributed by atoms with Gasteiger partial charge in [-0.2, -0.15) is 28.2 Å². The maximum atomic E-state index is 13.2. The highest BCUT2D eigenvalue weighted by Crippen LogP contribution is 2.32. The zero-order valence-electron chi connectivity index (χ0n) is 19.6. The second-order valence-electron chi connectivity index (χ2n) is 8.42. The third-order valence-corrected chi connectivity index (χ3v) is 5.63. The van der Waals surface area contributed by atoms with E-state index in [1.54, 1.807) is 12.1 Å². The van der Waals surface area contributed by atoms with Gasteiger partial charge >= 0.3 is 12.2 Å². The predicted molar refractivity (Wildman–Crippen MR) is 131 cm³/mol. The monoisotopic (exact) mass is 509 g/mol. The fraction of sp³-hybridized carbons (Fsp3) is 0.200. The second-order valence-corrected chi connectivity index (χ2v) is 8.42. The quantitative estimate of drug-likeness (QED) is 0.301. The number of carbonyl (C=O) groups excluding carboxylic acids is 1. The fourth-order valence-electron chi connectivity index (χ4n) is 3.68. The van der Waals surface area contributed by atoms with E-state index in [9.17, 15) is 18.0 Å². The molecule has 0 radical (unpaired) electrons. The number of aromatic amines is 1. The maximum Gasteiger partial charge on any atom is 0.417 e. The van der Waals surface area contributed by atoms with Gasteiger partial charge in [-0.3, -0.25) is 9.89 Å². The maximum absolute atomic E-state index is 13.2. The molecule has 0 unspecified atom stereocenters. The van der Waals surface area contributed by atoms with Gasteiger partial charge in [0.15, 0.2) is 5.82 Å². The molecule has 2 aromatic heterocycles. The summed E-state index contributed by atoms with van der Waals surface area (Å²) >= 11 is 0. The number of ether oxygens (including phenoxy) is 1. The van der Waals surface area contributed by atoms with Crippen molar-refractivity contribution < 1.29 is 22.7 Å². The minimum absolute atomic E-state index is 0.107. The van der Waals surface area contributed by atoms with Crippen LogP contribution in [0.1, 0.15) is 28.0 Å². The third kappa shape index (κ3) is 5.63. The molecule has 0 spiro atoms. The summed E-state index contributed by atoms with van der Waals surface area (Å²) in [5, 5.41) is 12.6. The van der Waals surface area contributed by atoms with Gasteiger partial charge < -0.3 is 20.3 Å². The average Bonchev–Trinajstić information content (AvgIpc) is 3.23. The van der Waals surface area contributed by atoms with E-state index in [0.717, 1.165) is 37.3 Å². The van der Waals surface area contributed by atoms with E-state index in [-0.39, 0.29) is 6.01 Å². The lowest BCUT2D eigenvalue weighted by Crippen LogP contribution is -2.37. The van der Waals surface area contributed by atoms with E-state index in [1.165, 1.54) is 24.3 Å². The topological polar surface area (TPSA) is 108 Å². The van der Waals surface area contributed by atoms with E-state index in [4.69, 9.17) is 4.74 Å². The molecule has 3 heterocycles. The lowest BCUT2D eigenvalue weighted by Gasteiger charge is -2.32. The van der Waals surface area contributed by atoms with Crippen molar-refractivity contribution in [2.45, 2.75) is 19.5 Å². The van der Waals surface area contributed by atoms with Gasteiger partial charge in [0.05, 0.1) is 11.1 Å². The van der Waals surface area contributed by atoms with Gasteiger partial charge in [-0.15, -0.1) is 0 Å². The van der Waals surface area contributed by atoms with E-state index in [0.29, 0.717) is 28.9 Å². The highest BCUT2D eigenvalue weighted by atomic mass is 19.4. The molecule has 190 valence electrons. The molecule has 2 aromatic carbocycles. The van der Waals surface area contributed by atoms with Gasteiger partial charge in [-0.05, 0) is 49.7 Å². The largest absolute Gasteiger partial charge is 0.424 e. The molecular formula is C25H22F3N7O2. The molecule has 12 heteroatoms. The van der Waals surface area contributed by atoms with E-state index in [2.05, 4.69) is 35.7 Å². The van der Waals surface area contributed by atoms with Crippen molar-refractivity contribution in [2.24, 2.45) is 0 Å². The molecule has 3 N–H and O–H groups in total. The minimum atomic E-state index is -4.64. The van der Waals surface area contributed by atoms with Gasteiger partial charge in [0, 0.05) is 36.6 Å². The predicted octanol–water partition coefficient (Wildman–Crippen LogP) is 5.53. The number of aryl methyl sites for hydroxylation is 1. The molecule has 0 aliphatic carbocycles. The molecular weight excluding hydrogens is 487 g/mol. The number of anilines is 4. The van der Waals surface area contributed by atoms with Crippen LogP contribution in [0.2, 0.25) is 0 Å². The number of carbonyl (C=O) groups is 1. The zero-order valence-corrected chi connectivity index (χ0v) is 19.6. The number of aromatic nitrogens is 4. The second kappa shape index (κ2) is 9.80. The summed E-state index contributed by atoms with van der Waals surface area (Å²) in [6.45, 7) is 3.64. The number of nitrogens with zero attached hydrogens (tertiary/aromatic N) is 4. The number of H-pyrrole nitrogens is 1. The molecule has 37 heavy (non-hydrogen) atoms. The molecule has 0 bridgehead atoms. The van der Waals surface area contributed by atoms with Gasteiger partial charge in [0.1, 0.15) is 17.4 Å². The molecule has 4 aromatic rings. The van der Waals surface area contributed by atoms with Gasteiger partial charge in [-0.25, -0.2) is 0 Å². The van der Waals surface area contributed by atoms with Crippen molar-refractivity contribution in [3.8, 4) is 11.8 Å². The summed E-state index contributed by atoms with van der Waals surface area (Å²) in [5.74, 6) is 1.33. The van der Waals surface area contributed by atoms with Crippen LogP contribution in [0.5, 0.6) is 11.8 Å². The Morgan fingerprint density at radius 2 is 1.78 bits per heavy atom. The van der Waals surface area contributed by atoms with Crippen molar-refractivity contribution in [2.75, 3.05) is 28.6 Å². The van der Waals surface area contributed by atoms with Gasteiger partial charge in [0.2, 0.25) is 0 Å². The van der Waals surface area contributed by atoms with Crippen LogP contribution in [0.15, 0.2) is 60.7 Å². The number of hydrogen-bond acceptors (Lipinski definition) is 7. The highest BCUT2D eigenvalue weighted by Gasteiger charge is 2.34. The fourth-order valence-corrected chi connectivity index (χ4v) is 3.68. The van der Waals surface area contributed by atoms with E-state index in [1.807, 2.05) is 19.1 Å². The Morgan fingerprint density at radius 3 is 2.43 bits per heavy atom. The third-order valence-electron chi connectivity index (χ3n) is 5.63. The van der Waals surface area contributed by atoms with Gasteiger partial charge in [0.25, 0.3) is 5.91 Å². The Hall–Kier alpha value is -4.61. The Kier molecular flexibility index (Phi) is 6.38. The SMILES string of the molecule is Cc1cc(Nc2cc(N3CCC3)nc(Oc3ccc(NC(=O)c4ccccc4C(F)(F)F)cc3)n2)n[nH]1. The number of alkyl halides is 3. The number of amides is 1. The van der Waals surface area contributed by atoms with Crippen LogP contribution in [-0.2, 0) is 6.18 Å². The standard InChI is InChI=1S/C25H22F3N7O2/c1-15-13-21(34-33-15)30-20-14-22(35-11-4-12-35)32-24(31-20)37-17-9-7-16(8-10-17)29-23(36)18-5-2-3-6-19(18)25(26,27)28/h2-3,5-10,13-14H,4,11-12H2,1H3,(H,29,36)(H2,30,31,32,33,34). The number of rotatable bonds is 7. The normalized spacial score (nSPS) is 13.1. The average molecular weight is 509 g/mol. The summed E-state index contributed by atoms with van der Waals surface area (Å²) in [5.41, 5.74) is -0.259. The zero-order chi connectivity index (χ0) is 26.0. The van der Waals surface area contributed by atoms with Crippen molar-refractivity contribution in [3.63, 3.8) is 0 Å². The van der Waals surface area contributed by atoms with Gasteiger partial charge in [-0.1, -0.05) is 12.1 Å². The van der Waals surface area contributed by atoms with Crippen molar-refractivity contribution in [1.82, 2.24) is 20.2 Å². The van der Waals surface area contributed by atoms with Crippen LogP contribution >= 0.6 is 0 Å². The summed E-state index contributed by atoms with van der Waals surface area (Å²) in [7, 11) is 0. The summed E-state index contributed by atoms with van der Waals surface area (Å²) in [4.78, 5) is 23.5. The Bertz CT molecular complexity index is 1420. The first-order valence-corrected chi connectivity index (χ1v) is 11.4. The van der Waals surface area contributed by atoms with Crippen molar-refractivity contribution in [3.05, 3.63) is 77.5 Å². The molecule has 1 amide bonds. The molecule has 1 aliphatic rings. The van der Waals surface area contributed by atoms with Crippen LogP contribution in [0.4, 0.5) is 36.3 Å². The number of halogens is 3. The van der Waals surface area contributed by atoms with Crippen LogP contribution in [0, 0.1) is 6.92 Å². The summed E-state index contributed by atoms with van der Waals surface area (Å²) in [6.07, 6.45) is -3.57. The molecule has 1 fully saturated rings. The highest BCUT2D eigenvalue weighted by molar-refractivity contribution is 6.05. The Morgan fingerprint density at radius 1 is 1.03 bits per heavy atom. The molecule has 1 saturated heterocycles. The number of nitrogens with one attached hydrogen (secondary N) is 3. The summed E-state index contributed by atoms with van der Waals surface area (Å²) in [6, 6.07) is 14.6. The molecule has 9 nitrogen and oxygen atoms in total. The number of hydrogen-bond donors (Lipinski definition) is 3. The smallest absolute Gasteiger partial charge is 0.417 e. The van der Waals surface area contributed by atoms with Crippen molar-refractivity contribution in [1.29, 1.82) is 0 Å².